The van der Waals surface area contributed by atoms with Gasteiger partial charge >= 0.3 is 0 Å². The number of benzene rings is 4. The lowest BCUT2D eigenvalue weighted by molar-refractivity contribution is 0.415. The fraction of sp³-hybridized carbons (Fsp3) is 0.114. The molecule has 8 heteroatoms. The van der Waals surface area contributed by atoms with Gasteiger partial charge in [-0.2, -0.15) is 10.1 Å². The molecule has 2 aromatic heterocycles. The second-order valence-electron chi connectivity index (χ2n) is 10.7. The Balaban J connectivity index is 1.41. The smallest absolute Gasteiger partial charge is 0.213 e. The molecule has 0 radical (unpaired) electrons. The van der Waals surface area contributed by atoms with Gasteiger partial charge in [0.05, 0.1) is 53.4 Å². The van der Waals surface area contributed by atoms with Crippen LogP contribution >= 0.6 is 0 Å². The largest absolute Gasteiger partial charge is 0.497 e. The highest BCUT2D eigenvalue weighted by Crippen LogP contribution is 2.50. The Morgan fingerprint density at radius 2 is 1.60 bits per heavy atom. The molecule has 4 aromatic carbocycles. The summed E-state index contributed by atoms with van der Waals surface area (Å²) in [5.74, 6) is 2.01. The maximum atomic E-state index is 14.3. The molecule has 8 nitrogen and oxygen atoms in total. The third-order valence-corrected chi connectivity index (χ3v) is 8.19. The average molecular weight is 566 g/mol. The van der Waals surface area contributed by atoms with Gasteiger partial charge in [0.25, 0.3) is 0 Å². The third-order valence-electron chi connectivity index (χ3n) is 8.19. The molecule has 6 aromatic rings. The number of anilines is 2. The van der Waals surface area contributed by atoms with Gasteiger partial charge in [0.1, 0.15) is 17.6 Å². The minimum atomic E-state index is -0.534. The number of aliphatic imine (C=N–C) groups is 1. The zero-order valence-corrected chi connectivity index (χ0v) is 23.6. The molecule has 0 spiro atoms. The summed E-state index contributed by atoms with van der Waals surface area (Å²) in [6.07, 6.45) is 1.59. The Labute approximate surface area is 247 Å². The Hall–Kier alpha value is -5.63. The number of aryl methyl sites for hydroxylation is 1. The predicted molar refractivity (Wildman–Crippen MR) is 168 cm³/mol. The highest BCUT2D eigenvalue weighted by molar-refractivity contribution is 6.18. The van der Waals surface area contributed by atoms with Crippen molar-refractivity contribution in [3.8, 4) is 11.4 Å². The van der Waals surface area contributed by atoms with Crippen LogP contribution in [0.4, 0.5) is 17.2 Å². The minimum absolute atomic E-state index is 0.122. The number of hydrogen-bond acceptors (Lipinski definition) is 7. The first-order valence-electron chi connectivity index (χ1n) is 14.1. The van der Waals surface area contributed by atoms with Crippen LogP contribution in [-0.2, 0) is 6.54 Å². The molecule has 210 valence electrons. The molecule has 0 saturated carbocycles. The molecule has 0 N–H and O–H groups in total. The number of ether oxygens (including phenoxy) is 1. The van der Waals surface area contributed by atoms with E-state index in [0.717, 1.165) is 39.8 Å². The number of aromatic nitrogens is 2. The fourth-order valence-electron chi connectivity index (χ4n) is 6.20. The summed E-state index contributed by atoms with van der Waals surface area (Å²) in [5.41, 5.74) is 6.55. The third kappa shape index (κ3) is 3.87. The van der Waals surface area contributed by atoms with Crippen molar-refractivity contribution in [1.29, 1.82) is 0 Å². The summed E-state index contributed by atoms with van der Waals surface area (Å²) in [4.78, 5) is 24.0. The summed E-state index contributed by atoms with van der Waals surface area (Å²) >= 11 is 0. The maximum absolute atomic E-state index is 14.3. The van der Waals surface area contributed by atoms with Gasteiger partial charge in [0.2, 0.25) is 5.96 Å². The first-order chi connectivity index (χ1) is 21.1. The molecule has 43 heavy (non-hydrogen) atoms. The van der Waals surface area contributed by atoms with Gasteiger partial charge in [-0.3, -0.25) is 9.69 Å². The van der Waals surface area contributed by atoms with Crippen molar-refractivity contribution >= 4 is 34.1 Å². The SMILES string of the molecule is COc1ccc2occ([C@H]3c4c(C)nn(-c5ccccc5)c4N=C4N(Cc5ccccc5)c5ccccc5N43)c(=O)c2c1. The number of fused-ring (bicyclic) bond motifs is 5. The second kappa shape index (κ2) is 9.73. The molecule has 0 unspecified atom stereocenters. The minimum Gasteiger partial charge on any atom is -0.497 e. The predicted octanol–water partition coefficient (Wildman–Crippen LogP) is 6.91. The van der Waals surface area contributed by atoms with Gasteiger partial charge in [-0.05, 0) is 55.0 Å². The second-order valence-corrected chi connectivity index (χ2v) is 10.7. The molecule has 0 fully saturated rings. The van der Waals surface area contributed by atoms with Crippen LogP contribution in [0.15, 0.2) is 124 Å². The zero-order valence-electron chi connectivity index (χ0n) is 23.6. The molecular weight excluding hydrogens is 538 g/mol. The lowest BCUT2D eigenvalue weighted by atomic mass is 9.95. The summed E-state index contributed by atoms with van der Waals surface area (Å²) < 4.78 is 13.4. The van der Waals surface area contributed by atoms with Gasteiger partial charge in [-0.15, -0.1) is 0 Å². The molecule has 8 rings (SSSR count). The number of nitrogens with zero attached hydrogens (tertiary/aromatic N) is 5. The van der Waals surface area contributed by atoms with Gasteiger partial charge in [-0.25, -0.2) is 4.68 Å². The Morgan fingerprint density at radius 1 is 0.884 bits per heavy atom. The van der Waals surface area contributed by atoms with Crippen LogP contribution in [0.2, 0.25) is 0 Å². The molecule has 0 amide bonds. The van der Waals surface area contributed by atoms with E-state index in [2.05, 4.69) is 34.1 Å². The van der Waals surface area contributed by atoms with Crippen molar-refractivity contribution in [3.05, 3.63) is 142 Å². The molecule has 4 heterocycles. The monoisotopic (exact) mass is 565 g/mol. The van der Waals surface area contributed by atoms with E-state index in [-0.39, 0.29) is 5.43 Å². The fourth-order valence-corrected chi connectivity index (χ4v) is 6.20. The van der Waals surface area contributed by atoms with Crippen LogP contribution in [-0.4, -0.2) is 22.8 Å². The van der Waals surface area contributed by atoms with E-state index in [0.29, 0.717) is 34.6 Å². The number of hydrogen-bond donors (Lipinski definition) is 0. The van der Waals surface area contributed by atoms with Crippen LogP contribution in [0.3, 0.4) is 0 Å². The van der Waals surface area contributed by atoms with Gasteiger partial charge < -0.3 is 14.1 Å². The quantitative estimate of drug-likeness (QED) is 0.226. The van der Waals surface area contributed by atoms with Crippen LogP contribution in [0.25, 0.3) is 16.7 Å². The van der Waals surface area contributed by atoms with Crippen molar-refractivity contribution < 1.29 is 9.15 Å². The highest BCUT2D eigenvalue weighted by atomic mass is 16.5. The molecule has 2 aliphatic heterocycles. The normalized spacial score (nSPS) is 15.2. The van der Waals surface area contributed by atoms with Crippen molar-refractivity contribution in [3.63, 3.8) is 0 Å². The first kappa shape index (κ1) is 25.1. The van der Waals surface area contributed by atoms with Gasteiger partial charge in [0, 0.05) is 5.56 Å². The number of rotatable bonds is 5. The highest BCUT2D eigenvalue weighted by Gasteiger charge is 2.45. The topological polar surface area (TPSA) is 76.1 Å². The van der Waals surface area contributed by atoms with Gasteiger partial charge in [-0.1, -0.05) is 60.7 Å². The van der Waals surface area contributed by atoms with E-state index in [9.17, 15) is 4.79 Å². The molecule has 2 aliphatic rings. The average Bonchev–Trinajstić information content (AvgIpc) is 3.55. The van der Waals surface area contributed by atoms with E-state index in [1.807, 2.05) is 72.3 Å². The summed E-state index contributed by atoms with van der Waals surface area (Å²) in [6, 6.07) is 33.3. The van der Waals surface area contributed by atoms with Crippen LogP contribution in [0, 0.1) is 6.92 Å². The van der Waals surface area contributed by atoms with E-state index in [1.165, 1.54) is 0 Å². The number of methoxy groups -OCH3 is 1. The number of para-hydroxylation sites is 3. The van der Waals surface area contributed by atoms with E-state index < -0.39 is 6.04 Å². The molecule has 0 bridgehead atoms. The zero-order chi connectivity index (χ0) is 29.1. The Bertz CT molecular complexity index is 2100. The Morgan fingerprint density at radius 3 is 2.37 bits per heavy atom. The summed E-state index contributed by atoms with van der Waals surface area (Å²) in [7, 11) is 1.59. The van der Waals surface area contributed by atoms with Gasteiger partial charge in [0.15, 0.2) is 11.2 Å². The van der Waals surface area contributed by atoms with Crippen LogP contribution in [0.1, 0.15) is 28.4 Å². The molecule has 0 aliphatic carbocycles. The van der Waals surface area contributed by atoms with Crippen molar-refractivity contribution in [2.24, 2.45) is 4.99 Å². The molecule has 1 atom stereocenters. The van der Waals surface area contributed by atoms with Crippen molar-refractivity contribution in [2.45, 2.75) is 19.5 Å². The summed E-state index contributed by atoms with van der Waals surface area (Å²) in [6.45, 7) is 2.58. The van der Waals surface area contributed by atoms with Crippen LogP contribution in [0.5, 0.6) is 5.75 Å². The van der Waals surface area contributed by atoms with Crippen LogP contribution < -0.4 is 20.0 Å². The lowest BCUT2D eigenvalue weighted by Crippen LogP contribution is -2.44. The Kier molecular flexibility index (Phi) is 5.68. The summed E-state index contributed by atoms with van der Waals surface area (Å²) in [5, 5.41) is 5.42. The first-order valence-corrected chi connectivity index (χ1v) is 14.1. The molecular formula is C35H27N5O3. The van der Waals surface area contributed by atoms with E-state index in [1.54, 1.807) is 31.6 Å². The number of guanidine groups is 1. The molecule has 0 saturated heterocycles. The van der Waals surface area contributed by atoms with Crippen molar-refractivity contribution in [2.75, 3.05) is 16.9 Å². The lowest BCUT2D eigenvalue weighted by Gasteiger charge is -2.34. The standard InChI is InChI=1S/C35H27N5O3/c1-22-31-32(27-21-43-30-18-17-25(42-2)19-26(30)33(27)41)39-29-16-10-9-15-28(29)38(20-23-11-5-3-6-12-23)35(39)36-34(31)40(37-22)24-13-7-4-8-14-24/h3-19,21,32H,20H2,1-2H3/t32-/m0/s1. The van der Waals surface area contributed by atoms with Crippen molar-refractivity contribution in [1.82, 2.24) is 9.78 Å². The maximum Gasteiger partial charge on any atom is 0.213 e. The van der Waals surface area contributed by atoms with E-state index in [4.69, 9.17) is 19.2 Å². The van der Waals surface area contributed by atoms with E-state index >= 15 is 0 Å².